The zero-order valence-electron chi connectivity index (χ0n) is 12.7. The van der Waals surface area contributed by atoms with Crippen LogP contribution in [0.2, 0.25) is 10.0 Å². The van der Waals surface area contributed by atoms with Gasteiger partial charge in [-0.25, -0.2) is 0 Å². The lowest BCUT2D eigenvalue weighted by molar-refractivity contribution is 0.590. The van der Waals surface area contributed by atoms with Crippen LogP contribution in [-0.4, -0.2) is 23.4 Å². The van der Waals surface area contributed by atoms with Gasteiger partial charge in [-0.2, -0.15) is 5.10 Å². The van der Waals surface area contributed by atoms with E-state index in [4.69, 9.17) is 23.2 Å². The predicted molar refractivity (Wildman–Crippen MR) is 89.4 cm³/mol. The van der Waals surface area contributed by atoms with Crippen LogP contribution in [0.15, 0.2) is 24.3 Å². The van der Waals surface area contributed by atoms with Crippen molar-refractivity contribution in [2.75, 3.05) is 13.6 Å². The zero-order chi connectivity index (χ0) is 15.4. The minimum atomic E-state index is 0.311. The first-order chi connectivity index (χ1) is 10.1. The Balaban J connectivity index is 2.30. The minimum absolute atomic E-state index is 0.311. The van der Waals surface area contributed by atoms with E-state index in [1.807, 2.05) is 37.0 Å². The summed E-state index contributed by atoms with van der Waals surface area (Å²) in [7, 11) is 3.91. The molecular formula is C16H21Cl2N3. The number of nitrogens with one attached hydrogen (secondary N) is 1. The molecule has 21 heavy (non-hydrogen) atoms. The highest BCUT2D eigenvalue weighted by Gasteiger charge is 2.19. The lowest BCUT2D eigenvalue weighted by Gasteiger charge is -2.18. The molecule has 0 aliphatic rings. The van der Waals surface area contributed by atoms with Crippen LogP contribution in [0.5, 0.6) is 0 Å². The van der Waals surface area contributed by atoms with Crippen molar-refractivity contribution in [1.82, 2.24) is 15.1 Å². The van der Waals surface area contributed by atoms with Crippen molar-refractivity contribution in [2.45, 2.75) is 25.7 Å². The molecule has 1 N–H and O–H groups in total. The van der Waals surface area contributed by atoms with Gasteiger partial charge in [0, 0.05) is 24.5 Å². The Morgan fingerprint density at radius 3 is 2.67 bits per heavy atom. The van der Waals surface area contributed by atoms with Gasteiger partial charge in [-0.15, -0.1) is 0 Å². The fourth-order valence-electron chi connectivity index (χ4n) is 2.59. The Bertz CT molecular complexity index is 608. The van der Waals surface area contributed by atoms with Crippen molar-refractivity contribution in [3.05, 3.63) is 51.3 Å². The van der Waals surface area contributed by atoms with Gasteiger partial charge in [-0.3, -0.25) is 4.68 Å². The fourth-order valence-corrected chi connectivity index (χ4v) is 3.16. The minimum Gasteiger partial charge on any atom is -0.319 e. The number of likely N-dealkylation sites (N-methyl/N-ethyl adjacent to an activating group) is 1. The molecule has 3 nitrogen and oxygen atoms in total. The first-order valence-corrected chi connectivity index (χ1v) is 7.92. The molecule has 0 saturated heterocycles. The van der Waals surface area contributed by atoms with E-state index in [1.54, 1.807) is 0 Å². The van der Waals surface area contributed by atoms with Crippen LogP contribution in [0.4, 0.5) is 0 Å². The van der Waals surface area contributed by atoms with Gasteiger partial charge in [-0.1, -0.05) is 42.3 Å². The Kier molecular flexibility index (Phi) is 5.68. The summed E-state index contributed by atoms with van der Waals surface area (Å²) in [6.07, 6.45) is 1.68. The third-order valence-electron chi connectivity index (χ3n) is 3.71. The number of aromatic nitrogens is 2. The van der Waals surface area contributed by atoms with Crippen molar-refractivity contribution in [2.24, 2.45) is 7.05 Å². The zero-order valence-corrected chi connectivity index (χ0v) is 14.2. The van der Waals surface area contributed by atoms with Gasteiger partial charge in [0.15, 0.2) is 0 Å². The standard InChI is InChI=1S/C16H21Cl2N3/c1-4-14-16(18)15(21(3)20-14)9-12(10-19-2)11-6-5-7-13(17)8-11/h5-8,12,19H,4,9-10H2,1-3H3. The second-order valence-corrected chi connectivity index (χ2v) is 6.01. The fraction of sp³-hybridized carbons (Fsp3) is 0.438. The Labute approximate surface area is 136 Å². The number of rotatable bonds is 6. The highest BCUT2D eigenvalue weighted by atomic mass is 35.5. The number of aryl methyl sites for hydroxylation is 2. The third kappa shape index (κ3) is 3.79. The molecule has 2 aromatic rings. The molecule has 0 aliphatic carbocycles. The van der Waals surface area contributed by atoms with Crippen LogP contribution in [0.25, 0.3) is 0 Å². The normalized spacial score (nSPS) is 12.6. The van der Waals surface area contributed by atoms with Gasteiger partial charge >= 0.3 is 0 Å². The maximum atomic E-state index is 6.46. The molecule has 0 amide bonds. The smallest absolute Gasteiger partial charge is 0.0849 e. The van der Waals surface area contributed by atoms with Crippen molar-refractivity contribution >= 4 is 23.2 Å². The third-order valence-corrected chi connectivity index (χ3v) is 4.38. The Morgan fingerprint density at radius 2 is 2.10 bits per heavy atom. The van der Waals surface area contributed by atoms with E-state index in [2.05, 4.69) is 23.4 Å². The highest BCUT2D eigenvalue weighted by Crippen LogP contribution is 2.28. The molecule has 0 radical (unpaired) electrons. The summed E-state index contributed by atoms with van der Waals surface area (Å²) in [6.45, 7) is 2.93. The van der Waals surface area contributed by atoms with Crippen LogP contribution in [0.1, 0.15) is 29.8 Å². The molecule has 0 fully saturated rings. The molecular weight excluding hydrogens is 305 g/mol. The van der Waals surface area contributed by atoms with Crippen LogP contribution in [0, 0.1) is 0 Å². The molecule has 1 unspecified atom stereocenters. The first-order valence-electron chi connectivity index (χ1n) is 7.17. The average Bonchev–Trinajstić information content (AvgIpc) is 2.74. The molecule has 0 aliphatic heterocycles. The molecule has 114 valence electrons. The van der Waals surface area contributed by atoms with Gasteiger partial charge in [0.05, 0.1) is 16.4 Å². The number of hydrogen-bond acceptors (Lipinski definition) is 2. The second kappa shape index (κ2) is 7.30. The van der Waals surface area contributed by atoms with Crippen molar-refractivity contribution < 1.29 is 0 Å². The summed E-state index contributed by atoms with van der Waals surface area (Å²) in [4.78, 5) is 0. The average molecular weight is 326 g/mol. The number of benzene rings is 1. The monoisotopic (exact) mass is 325 g/mol. The lowest BCUT2D eigenvalue weighted by Crippen LogP contribution is -2.20. The summed E-state index contributed by atoms with van der Waals surface area (Å²) in [6, 6.07) is 8.02. The Morgan fingerprint density at radius 1 is 1.33 bits per heavy atom. The lowest BCUT2D eigenvalue weighted by atomic mass is 9.94. The molecule has 1 aromatic heterocycles. The van der Waals surface area contributed by atoms with Gasteiger partial charge in [0.2, 0.25) is 0 Å². The quantitative estimate of drug-likeness (QED) is 0.874. The van der Waals surface area contributed by atoms with E-state index >= 15 is 0 Å². The molecule has 0 spiro atoms. The van der Waals surface area contributed by atoms with E-state index in [0.29, 0.717) is 5.92 Å². The van der Waals surface area contributed by atoms with E-state index < -0.39 is 0 Å². The summed E-state index contributed by atoms with van der Waals surface area (Å²) < 4.78 is 1.90. The van der Waals surface area contributed by atoms with Crippen LogP contribution in [0.3, 0.4) is 0 Å². The summed E-state index contributed by atoms with van der Waals surface area (Å²) in [5, 5.41) is 9.30. The predicted octanol–water partition coefficient (Wildman–Crippen LogP) is 3.84. The highest BCUT2D eigenvalue weighted by molar-refractivity contribution is 6.32. The summed E-state index contributed by atoms with van der Waals surface area (Å²) >= 11 is 12.6. The van der Waals surface area contributed by atoms with E-state index in [-0.39, 0.29) is 0 Å². The van der Waals surface area contributed by atoms with E-state index in [1.165, 1.54) is 5.56 Å². The first kappa shape index (κ1) is 16.3. The molecule has 5 heteroatoms. The molecule has 0 bridgehead atoms. The summed E-state index contributed by atoms with van der Waals surface area (Å²) in [5.74, 6) is 0.311. The summed E-state index contributed by atoms with van der Waals surface area (Å²) in [5.41, 5.74) is 3.25. The van der Waals surface area contributed by atoms with Crippen molar-refractivity contribution in [1.29, 1.82) is 0 Å². The Hall–Kier alpha value is -1.03. The van der Waals surface area contributed by atoms with Crippen LogP contribution >= 0.6 is 23.2 Å². The maximum absolute atomic E-state index is 6.46. The maximum Gasteiger partial charge on any atom is 0.0849 e. The van der Waals surface area contributed by atoms with Crippen molar-refractivity contribution in [3.63, 3.8) is 0 Å². The van der Waals surface area contributed by atoms with Gasteiger partial charge in [-0.05, 0) is 37.6 Å². The number of halogens is 2. The number of nitrogens with zero attached hydrogens (tertiary/aromatic N) is 2. The van der Waals surface area contributed by atoms with Crippen LogP contribution < -0.4 is 5.32 Å². The number of hydrogen-bond donors (Lipinski definition) is 1. The second-order valence-electron chi connectivity index (χ2n) is 5.20. The topological polar surface area (TPSA) is 29.9 Å². The van der Waals surface area contributed by atoms with Crippen LogP contribution in [-0.2, 0) is 19.9 Å². The molecule has 1 heterocycles. The van der Waals surface area contributed by atoms with Gasteiger partial charge in [0.25, 0.3) is 0 Å². The largest absolute Gasteiger partial charge is 0.319 e. The van der Waals surface area contributed by atoms with Gasteiger partial charge < -0.3 is 5.32 Å². The molecule has 2 rings (SSSR count). The van der Waals surface area contributed by atoms with E-state index in [9.17, 15) is 0 Å². The van der Waals surface area contributed by atoms with Crippen molar-refractivity contribution in [3.8, 4) is 0 Å². The molecule has 1 aromatic carbocycles. The SMILES string of the molecule is CCc1nn(C)c(CC(CNC)c2cccc(Cl)c2)c1Cl. The van der Waals surface area contributed by atoms with Gasteiger partial charge in [0.1, 0.15) is 0 Å². The van der Waals surface area contributed by atoms with E-state index in [0.717, 1.165) is 40.8 Å². The molecule has 0 saturated carbocycles. The molecule has 1 atom stereocenters.